The molecule has 1 aliphatic heterocycles. The summed E-state index contributed by atoms with van der Waals surface area (Å²) in [7, 11) is 0. The molecule has 2 aromatic heterocycles. The maximum atomic E-state index is 5.36. The second-order valence-electron chi connectivity index (χ2n) is 4.06. The summed E-state index contributed by atoms with van der Waals surface area (Å²) in [6.45, 7) is 9.13. The van der Waals surface area contributed by atoms with Crippen molar-refractivity contribution in [3.05, 3.63) is 24.2 Å². The average molecular weight is 260 g/mol. The van der Waals surface area contributed by atoms with Gasteiger partial charge in [-0.25, -0.2) is 9.97 Å². The predicted octanol–water partition coefficient (Wildman–Crippen LogP) is 2.20. The molecule has 0 bridgehead atoms. The van der Waals surface area contributed by atoms with Crippen molar-refractivity contribution in [1.29, 1.82) is 0 Å². The first-order valence-corrected chi connectivity index (χ1v) is 6.76. The minimum Gasteiger partial charge on any atom is -0.378 e. The summed E-state index contributed by atoms with van der Waals surface area (Å²) in [5.74, 6) is 1.71. The predicted molar refractivity (Wildman–Crippen MR) is 76.5 cm³/mol. The van der Waals surface area contributed by atoms with E-state index < -0.39 is 0 Å². The molecular formula is C14H20N4O. The van der Waals surface area contributed by atoms with E-state index >= 15 is 0 Å². The quantitative estimate of drug-likeness (QED) is 0.786. The van der Waals surface area contributed by atoms with Crippen LogP contribution in [0.1, 0.15) is 19.7 Å². The number of aryl methyl sites for hydroxylation is 1. The maximum Gasteiger partial charge on any atom is 0.159 e. The number of ether oxygens (including phenoxy) is 1. The van der Waals surface area contributed by atoms with Gasteiger partial charge in [0.1, 0.15) is 11.3 Å². The van der Waals surface area contributed by atoms with Gasteiger partial charge in [0.15, 0.2) is 5.82 Å². The van der Waals surface area contributed by atoms with Crippen molar-refractivity contribution in [2.75, 3.05) is 31.2 Å². The number of anilines is 1. The van der Waals surface area contributed by atoms with Crippen LogP contribution in [0.4, 0.5) is 5.82 Å². The van der Waals surface area contributed by atoms with Crippen LogP contribution in [0.5, 0.6) is 0 Å². The van der Waals surface area contributed by atoms with Gasteiger partial charge in [-0.15, -0.1) is 0 Å². The second kappa shape index (κ2) is 6.43. The van der Waals surface area contributed by atoms with Gasteiger partial charge in [0.05, 0.1) is 18.7 Å². The molecule has 0 unspecified atom stereocenters. The zero-order chi connectivity index (χ0) is 13.7. The van der Waals surface area contributed by atoms with Gasteiger partial charge in [0, 0.05) is 19.3 Å². The van der Waals surface area contributed by atoms with Gasteiger partial charge in [0.2, 0.25) is 0 Å². The van der Waals surface area contributed by atoms with E-state index in [1.165, 1.54) is 0 Å². The first-order valence-electron chi connectivity index (χ1n) is 6.76. The van der Waals surface area contributed by atoms with E-state index in [1.54, 1.807) is 6.20 Å². The van der Waals surface area contributed by atoms with E-state index in [1.807, 2.05) is 32.9 Å². The van der Waals surface area contributed by atoms with Gasteiger partial charge in [-0.05, 0) is 19.1 Å². The third-order valence-corrected chi connectivity index (χ3v) is 2.86. The minimum absolute atomic E-state index is 0.747. The molecule has 2 aromatic rings. The molecule has 1 fully saturated rings. The lowest BCUT2D eigenvalue weighted by molar-refractivity contribution is 0.122. The monoisotopic (exact) mass is 260 g/mol. The van der Waals surface area contributed by atoms with Crippen LogP contribution in [0.25, 0.3) is 11.0 Å². The number of nitrogens with zero attached hydrogens (tertiary/aromatic N) is 4. The molecule has 5 heteroatoms. The zero-order valence-electron chi connectivity index (χ0n) is 11.8. The molecule has 5 nitrogen and oxygen atoms in total. The molecule has 1 saturated heterocycles. The summed E-state index contributed by atoms with van der Waals surface area (Å²) < 4.78 is 5.36. The minimum atomic E-state index is 0.747. The van der Waals surface area contributed by atoms with Gasteiger partial charge in [-0.3, -0.25) is 4.98 Å². The summed E-state index contributed by atoms with van der Waals surface area (Å²) in [6.07, 6.45) is 1.78. The summed E-state index contributed by atoms with van der Waals surface area (Å²) in [4.78, 5) is 15.5. The van der Waals surface area contributed by atoms with Crippen LogP contribution >= 0.6 is 0 Å². The average Bonchev–Trinajstić information content (AvgIpc) is 2.49. The normalized spacial score (nSPS) is 15.0. The molecular weight excluding hydrogens is 240 g/mol. The fourth-order valence-electron chi connectivity index (χ4n) is 2.06. The Kier molecular flexibility index (Phi) is 4.63. The lowest BCUT2D eigenvalue weighted by Gasteiger charge is -2.28. The van der Waals surface area contributed by atoms with E-state index in [-0.39, 0.29) is 0 Å². The van der Waals surface area contributed by atoms with Crippen molar-refractivity contribution in [3.63, 3.8) is 0 Å². The highest BCUT2D eigenvalue weighted by atomic mass is 16.5. The Morgan fingerprint density at radius 3 is 2.63 bits per heavy atom. The Morgan fingerprint density at radius 2 is 1.89 bits per heavy atom. The Bertz CT molecular complexity index is 538. The molecule has 3 heterocycles. The van der Waals surface area contributed by atoms with Gasteiger partial charge >= 0.3 is 0 Å². The molecule has 0 aromatic carbocycles. The topological polar surface area (TPSA) is 51.1 Å². The second-order valence-corrected chi connectivity index (χ2v) is 4.06. The highest BCUT2D eigenvalue weighted by Gasteiger charge is 2.16. The lowest BCUT2D eigenvalue weighted by Crippen LogP contribution is -2.37. The van der Waals surface area contributed by atoms with Crippen LogP contribution in [0.15, 0.2) is 18.3 Å². The van der Waals surface area contributed by atoms with E-state index in [4.69, 9.17) is 4.74 Å². The molecule has 3 rings (SSSR count). The smallest absolute Gasteiger partial charge is 0.159 e. The molecule has 0 spiro atoms. The molecule has 0 N–H and O–H groups in total. The fourth-order valence-corrected chi connectivity index (χ4v) is 2.06. The summed E-state index contributed by atoms with van der Waals surface area (Å²) in [5, 5.41) is 0. The van der Waals surface area contributed by atoms with Gasteiger partial charge in [0.25, 0.3) is 0 Å². The third kappa shape index (κ3) is 2.98. The Morgan fingerprint density at radius 1 is 1.16 bits per heavy atom. The summed E-state index contributed by atoms with van der Waals surface area (Å²) >= 11 is 0. The number of rotatable bonds is 1. The Balaban J connectivity index is 0.000000637. The number of aromatic nitrogens is 3. The number of fused-ring (bicyclic) bond motifs is 1. The number of pyridine rings is 1. The summed E-state index contributed by atoms with van der Waals surface area (Å²) in [5.41, 5.74) is 1.78. The standard InChI is InChI=1S/C12H14N4O.C2H6/c1-9-14-10-3-2-4-13-11(10)12(15-9)16-5-7-17-8-6-16;1-2/h2-4H,5-8H2,1H3;1-2H3. The molecule has 0 amide bonds. The van der Waals surface area contributed by atoms with Crippen LogP contribution in [0, 0.1) is 6.92 Å². The first-order chi connectivity index (χ1) is 9.34. The van der Waals surface area contributed by atoms with Gasteiger partial charge in [-0.1, -0.05) is 13.8 Å². The fraction of sp³-hybridized carbons (Fsp3) is 0.500. The van der Waals surface area contributed by atoms with E-state index in [0.717, 1.165) is 49.0 Å². The molecule has 102 valence electrons. The molecule has 0 saturated carbocycles. The van der Waals surface area contributed by atoms with Crippen molar-refractivity contribution in [2.24, 2.45) is 0 Å². The van der Waals surface area contributed by atoms with E-state index in [2.05, 4.69) is 19.9 Å². The van der Waals surface area contributed by atoms with Crippen LogP contribution in [-0.4, -0.2) is 41.3 Å². The highest BCUT2D eigenvalue weighted by molar-refractivity contribution is 5.85. The zero-order valence-corrected chi connectivity index (χ0v) is 11.8. The maximum absolute atomic E-state index is 5.36. The van der Waals surface area contributed by atoms with Crippen LogP contribution < -0.4 is 4.90 Å². The first kappa shape index (κ1) is 13.7. The van der Waals surface area contributed by atoms with E-state index in [0.29, 0.717) is 0 Å². The Hall–Kier alpha value is -1.75. The van der Waals surface area contributed by atoms with Crippen molar-refractivity contribution < 1.29 is 4.74 Å². The number of hydrogen-bond donors (Lipinski definition) is 0. The van der Waals surface area contributed by atoms with Crippen LogP contribution in [0.2, 0.25) is 0 Å². The SMILES string of the molecule is CC.Cc1nc(N2CCOCC2)c2ncccc2n1. The van der Waals surface area contributed by atoms with E-state index in [9.17, 15) is 0 Å². The number of morpholine rings is 1. The largest absolute Gasteiger partial charge is 0.378 e. The van der Waals surface area contributed by atoms with Crippen molar-refractivity contribution in [3.8, 4) is 0 Å². The van der Waals surface area contributed by atoms with Crippen LogP contribution in [0.3, 0.4) is 0 Å². The third-order valence-electron chi connectivity index (χ3n) is 2.86. The molecule has 0 radical (unpaired) electrons. The lowest BCUT2D eigenvalue weighted by atomic mass is 10.3. The molecule has 0 aliphatic carbocycles. The van der Waals surface area contributed by atoms with Gasteiger partial charge in [-0.2, -0.15) is 0 Å². The number of hydrogen-bond acceptors (Lipinski definition) is 5. The van der Waals surface area contributed by atoms with Crippen LogP contribution in [-0.2, 0) is 4.74 Å². The summed E-state index contributed by atoms with van der Waals surface area (Å²) in [6, 6.07) is 3.87. The van der Waals surface area contributed by atoms with Crippen molar-refractivity contribution >= 4 is 16.9 Å². The van der Waals surface area contributed by atoms with Gasteiger partial charge < -0.3 is 9.64 Å². The molecule has 0 atom stereocenters. The van der Waals surface area contributed by atoms with Crippen molar-refractivity contribution in [1.82, 2.24) is 15.0 Å². The highest BCUT2D eigenvalue weighted by Crippen LogP contribution is 2.22. The molecule has 1 aliphatic rings. The molecule has 19 heavy (non-hydrogen) atoms. The Labute approximate surface area is 113 Å². The van der Waals surface area contributed by atoms with Crippen molar-refractivity contribution in [2.45, 2.75) is 20.8 Å².